The number of carboxylic acids is 1. The number of aromatic nitrogens is 2. The van der Waals surface area contributed by atoms with Gasteiger partial charge in [0, 0.05) is 4.47 Å². The van der Waals surface area contributed by atoms with Crippen molar-refractivity contribution in [3.8, 4) is 0 Å². The molecule has 0 bridgehead atoms. The third-order valence-corrected chi connectivity index (χ3v) is 2.93. The lowest BCUT2D eigenvalue weighted by Crippen LogP contribution is -2.04. The van der Waals surface area contributed by atoms with Gasteiger partial charge < -0.3 is 10.4 Å². The molecule has 0 saturated heterocycles. The first kappa shape index (κ1) is 12.5. The van der Waals surface area contributed by atoms with Crippen molar-refractivity contribution in [2.24, 2.45) is 0 Å². The highest BCUT2D eigenvalue weighted by atomic mass is 79.9. The Morgan fingerprint density at radius 2 is 2.17 bits per heavy atom. The highest BCUT2D eigenvalue weighted by Gasteiger charge is 2.07. The second-order valence-corrected chi connectivity index (χ2v) is 4.56. The molecule has 1 aromatic heterocycles. The van der Waals surface area contributed by atoms with Crippen molar-refractivity contribution in [3.63, 3.8) is 0 Å². The Labute approximate surface area is 112 Å². The summed E-state index contributed by atoms with van der Waals surface area (Å²) in [6.07, 6.45) is 2.68. The van der Waals surface area contributed by atoms with Crippen LogP contribution in [0.1, 0.15) is 16.1 Å². The second kappa shape index (κ2) is 5.14. The van der Waals surface area contributed by atoms with Crippen molar-refractivity contribution >= 4 is 33.4 Å². The van der Waals surface area contributed by atoms with Gasteiger partial charge in [0.15, 0.2) is 5.69 Å². The number of halogens is 1. The summed E-state index contributed by atoms with van der Waals surface area (Å²) in [6, 6.07) is 5.81. The summed E-state index contributed by atoms with van der Waals surface area (Å²) in [5, 5.41) is 11.9. The molecule has 0 fully saturated rings. The van der Waals surface area contributed by atoms with E-state index in [1.165, 1.54) is 12.4 Å². The van der Waals surface area contributed by atoms with Crippen LogP contribution in [-0.2, 0) is 0 Å². The van der Waals surface area contributed by atoms with E-state index in [0.717, 1.165) is 15.7 Å². The molecule has 0 aliphatic heterocycles. The van der Waals surface area contributed by atoms with Gasteiger partial charge in [-0.1, -0.05) is 6.07 Å². The number of benzene rings is 1. The van der Waals surface area contributed by atoms with E-state index in [0.29, 0.717) is 5.82 Å². The molecule has 0 radical (unpaired) electrons. The molecule has 0 saturated carbocycles. The molecule has 0 aliphatic carbocycles. The van der Waals surface area contributed by atoms with E-state index in [9.17, 15) is 4.79 Å². The molecule has 0 amide bonds. The lowest BCUT2D eigenvalue weighted by atomic mass is 10.2. The number of aromatic carboxylic acids is 1. The number of rotatable bonds is 3. The van der Waals surface area contributed by atoms with Crippen LogP contribution in [0.15, 0.2) is 35.1 Å². The molecule has 2 N–H and O–H groups in total. The molecule has 92 valence electrons. The monoisotopic (exact) mass is 307 g/mol. The van der Waals surface area contributed by atoms with Gasteiger partial charge in [-0.25, -0.2) is 9.78 Å². The van der Waals surface area contributed by atoms with Crippen LogP contribution in [0.4, 0.5) is 11.5 Å². The Morgan fingerprint density at radius 1 is 1.39 bits per heavy atom. The summed E-state index contributed by atoms with van der Waals surface area (Å²) < 4.78 is 0.871. The number of hydrogen-bond donors (Lipinski definition) is 2. The molecule has 5 nitrogen and oxygen atoms in total. The number of anilines is 2. The molecule has 0 unspecified atom stereocenters. The van der Waals surface area contributed by atoms with Crippen molar-refractivity contribution in [3.05, 3.63) is 46.3 Å². The van der Waals surface area contributed by atoms with E-state index in [4.69, 9.17) is 5.11 Å². The zero-order valence-electron chi connectivity index (χ0n) is 9.51. The van der Waals surface area contributed by atoms with Crippen LogP contribution in [-0.4, -0.2) is 21.0 Å². The van der Waals surface area contributed by atoms with Crippen LogP contribution < -0.4 is 5.32 Å². The average Bonchev–Trinajstić information content (AvgIpc) is 2.34. The largest absolute Gasteiger partial charge is 0.476 e. The van der Waals surface area contributed by atoms with Crippen LogP contribution in [0.5, 0.6) is 0 Å². The molecule has 0 aliphatic rings. The lowest BCUT2D eigenvalue weighted by Gasteiger charge is -2.08. The number of carbonyl (C=O) groups is 1. The Hall–Kier alpha value is -1.95. The molecule has 2 aromatic rings. The van der Waals surface area contributed by atoms with Gasteiger partial charge in [0.1, 0.15) is 5.82 Å². The molecular formula is C12H10BrN3O2. The van der Waals surface area contributed by atoms with Crippen LogP contribution in [0.3, 0.4) is 0 Å². The highest BCUT2D eigenvalue weighted by Crippen LogP contribution is 2.25. The van der Waals surface area contributed by atoms with Gasteiger partial charge in [-0.15, -0.1) is 0 Å². The quantitative estimate of drug-likeness (QED) is 0.911. The molecule has 1 aromatic carbocycles. The standard InChI is InChI=1S/C12H10BrN3O2/c1-7-2-3-8(13)9(4-7)15-11-6-14-5-10(16-11)12(17)18/h2-6H,1H3,(H,15,16)(H,17,18). The van der Waals surface area contributed by atoms with Gasteiger partial charge >= 0.3 is 5.97 Å². The first-order valence-corrected chi connectivity index (χ1v) is 5.94. The van der Waals surface area contributed by atoms with Gasteiger partial charge in [-0.3, -0.25) is 4.98 Å². The highest BCUT2D eigenvalue weighted by molar-refractivity contribution is 9.10. The van der Waals surface area contributed by atoms with Gasteiger partial charge in [0.25, 0.3) is 0 Å². The van der Waals surface area contributed by atoms with Crippen LogP contribution >= 0.6 is 15.9 Å². The minimum Gasteiger partial charge on any atom is -0.476 e. The lowest BCUT2D eigenvalue weighted by molar-refractivity contribution is 0.0690. The number of nitrogens with zero attached hydrogens (tertiary/aromatic N) is 2. The van der Waals surface area contributed by atoms with Gasteiger partial charge in [-0.2, -0.15) is 0 Å². The molecule has 18 heavy (non-hydrogen) atoms. The van der Waals surface area contributed by atoms with Crippen molar-refractivity contribution < 1.29 is 9.90 Å². The van der Waals surface area contributed by atoms with E-state index < -0.39 is 5.97 Å². The van der Waals surface area contributed by atoms with Crippen molar-refractivity contribution in [2.75, 3.05) is 5.32 Å². The Kier molecular flexibility index (Phi) is 3.57. The minimum absolute atomic E-state index is 0.0937. The smallest absolute Gasteiger partial charge is 0.356 e. The van der Waals surface area contributed by atoms with E-state index >= 15 is 0 Å². The molecule has 0 spiro atoms. The van der Waals surface area contributed by atoms with Crippen molar-refractivity contribution in [1.29, 1.82) is 0 Å². The van der Waals surface area contributed by atoms with Crippen LogP contribution in [0.2, 0.25) is 0 Å². The summed E-state index contributed by atoms with van der Waals surface area (Å²) in [5.41, 5.74) is 1.80. The molecular weight excluding hydrogens is 298 g/mol. The van der Waals surface area contributed by atoms with Crippen molar-refractivity contribution in [1.82, 2.24) is 9.97 Å². The molecule has 6 heteroatoms. The molecule has 0 atom stereocenters. The molecule has 2 rings (SSSR count). The Morgan fingerprint density at radius 3 is 2.89 bits per heavy atom. The van der Waals surface area contributed by atoms with E-state index in [1.54, 1.807) is 0 Å². The van der Waals surface area contributed by atoms with Gasteiger partial charge in [0.2, 0.25) is 0 Å². The number of hydrogen-bond acceptors (Lipinski definition) is 4. The first-order valence-electron chi connectivity index (χ1n) is 5.15. The third kappa shape index (κ3) is 2.84. The van der Waals surface area contributed by atoms with E-state index in [-0.39, 0.29) is 5.69 Å². The third-order valence-electron chi connectivity index (χ3n) is 2.24. The first-order chi connectivity index (χ1) is 8.56. The number of aryl methyl sites for hydroxylation is 1. The maximum Gasteiger partial charge on any atom is 0.356 e. The predicted molar refractivity (Wildman–Crippen MR) is 71.2 cm³/mol. The minimum atomic E-state index is -1.10. The number of carboxylic acid groups (broad SMARTS) is 1. The second-order valence-electron chi connectivity index (χ2n) is 3.70. The average molecular weight is 308 g/mol. The molecule has 1 heterocycles. The topological polar surface area (TPSA) is 75.1 Å². The maximum absolute atomic E-state index is 10.8. The number of nitrogens with one attached hydrogen (secondary N) is 1. The zero-order valence-corrected chi connectivity index (χ0v) is 11.1. The summed E-state index contributed by atoms with van der Waals surface area (Å²) in [4.78, 5) is 18.6. The van der Waals surface area contributed by atoms with Gasteiger partial charge in [-0.05, 0) is 40.5 Å². The maximum atomic E-state index is 10.8. The van der Waals surface area contributed by atoms with Crippen LogP contribution in [0.25, 0.3) is 0 Å². The van der Waals surface area contributed by atoms with Crippen LogP contribution in [0, 0.1) is 6.92 Å². The van der Waals surface area contributed by atoms with Gasteiger partial charge in [0.05, 0.1) is 18.1 Å². The Bertz CT molecular complexity index is 602. The zero-order chi connectivity index (χ0) is 13.1. The van der Waals surface area contributed by atoms with E-state index in [1.807, 2.05) is 25.1 Å². The fraction of sp³-hybridized carbons (Fsp3) is 0.0833. The van der Waals surface area contributed by atoms with E-state index in [2.05, 4.69) is 31.2 Å². The fourth-order valence-corrected chi connectivity index (χ4v) is 1.75. The SMILES string of the molecule is Cc1ccc(Br)c(Nc2cncc(C(=O)O)n2)c1. The summed E-state index contributed by atoms with van der Waals surface area (Å²) in [5.74, 6) is -0.712. The summed E-state index contributed by atoms with van der Waals surface area (Å²) in [7, 11) is 0. The van der Waals surface area contributed by atoms with Crippen molar-refractivity contribution in [2.45, 2.75) is 6.92 Å². The fourth-order valence-electron chi connectivity index (χ4n) is 1.40. The summed E-state index contributed by atoms with van der Waals surface area (Å²) >= 11 is 3.41. The summed E-state index contributed by atoms with van der Waals surface area (Å²) in [6.45, 7) is 1.97. The normalized spacial score (nSPS) is 10.1. The Balaban J connectivity index is 2.31. The predicted octanol–water partition coefficient (Wildman–Crippen LogP) is 2.99.